The summed E-state index contributed by atoms with van der Waals surface area (Å²) in [5, 5.41) is 14.5. The van der Waals surface area contributed by atoms with Gasteiger partial charge in [0.25, 0.3) is 5.91 Å². The number of carbonyl (C=O) groups excluding carboxylic acids is 1. The first-order chi connectivity index (χ1) is 12.2. The van der Waals surface area contributed by atoms with E-state index in [1.165, 1.54) is 0 Å². The van der Waals surface area contributed by atoms with Crippen molar-refractivity contribution in [3.05, 3.63) is 55.1 Å². The van der Waals surface area contributed by atoms with Crippen molar-refractivity contribution in [2.24, 2.45) is 5.92 Å². The Balaban J connectivity index is 1.54. The molecule has 128 valence electrons. The molecule has 0 aliphatic carbocycles. The number of nitrogens with one attached hydrogen (secondary N) is 1. The summed E-state index contributed by atoms with van der Waals surface area (Å²) in [6.45, 7) is 1.28. The average Bonchev–Trinajstić information content (AvgIpc) is 3.30. The van der Waals surface area contributed by atoms with Crippen LogP contribution >= 0.6 is 0 Å². The molecule has 2 N–H and O–H groups in total. The van der Waals surface area contributed by atoms with E-state index in [1.807, 2.05) is 35.0 Å². The number of hydrogen-bond donors (Lipinski definition) is 2. The number of aromatic hydroxyl groups is 1. The first-order valence-corrected chi connectivity index (χ1v) is 8.31. The van der Waals surface area contributed by atoms with E-state index in [9.17, 15) is 9.90 Å². The van der Waals surface area contributed by atoms with Crippen molar-refractivity contribution < 1.29 is 14.6 Å². The summed E-state index contributed by atoms with van der Waals surface area (Å²) in [6, 6.07) is 10.8. The molecule has 2 atom stereocenters. The predicted octanol–water partition coefficient (Wildman–Crippen LogP) is 2.79. The van der Waals surface area contributed by atoms with Crippen LogP contribution in [0, 0.1) is 5.92 Å². The van der Waals surface area contributed by atoms with E-state index in [-0.39, 0.29) is 17.6 Å². The molecule has 0 bridgehead atoms. The number of nitrogens with zero attached hydrogens (tertiary/aromatic N) is 2. The summed E-state index contributed by atoms with van der Waals surface area (Å²) in [4.78, 5) is 16.8. The van der Waals surface area contributed by atoms with Crippen LogP contribution in [-0.2, 0) is 16.1 Å². The lowest BCUT2D eigenvalue weighted by Gasteiger charge is -2.19. The Labute approximate surface area is 145 Å². The van der Waals surface area contributed by atoms with E-state index in [0.717, 1.165) is 11.8 Å². The first-order valence-electron chi connectivity index (χ1n) is 8.31. The minimum absolute atomic E-state index is 0.109. The van der Waals surface area contributed by atoms with Crippen molar-refractivity contribution >= 4 is 22.4 Å². The van der Waals surface area contributed by atoms with Gasteiger partial charge in [0.15, 0.2) is 0 Å². The smallest absolute Gasteiger partial charge is 0.253 e. The molecule has 6 heteroatoms. The number of anilines is 1. The normalized spacial score (nSPS) is 20.0. The Morgan fingerprint density at radius 3 is 2.92 bits per heavy atom. The maximum atomic E-state index is 12.8. The number of fused-ring (bicyclic) bond motifs is 1. The number of hydrogen-bond acceptors (Lipinski definition) is 4. The third-order valence-corrected chi connectivity index (χ3v) is 4.64. The maximum absolute atomic E-state index is 12.8. The molecule has 6 nitrogen and oxygen atoms in total. The summed E-state index contributed by atoms with van der Waals surface area (Å²) in [6.07, 6.45) is 5.72. The van der Waals surface area contributed by atoms with E-state index < -0.39 is 6.10 Å². The molecule has 0 radical (unpaired) electrons. The van der Waals surface area contributed by atoms with Gasteiger partial charge in [-0.3, -0.25) is 4.79 Å². The molecule has 1 aliphatic rings. The van der Waals surface area contributed by atoms with Crippen molar-refractivity contribution in [1.29, 1.82) is 0 Å². The Morgan fingerprint density at radius 1 is 1.28 bits per heavy atom. The first kappa shape index (κ1) is 15.7. The summed E-state index contributed by atoms with van der Waals surface area (Å²) in [5.41, 5.74) is 0.676. The van der Waals surface area contributed by atoms with Crippen LogP contribution in [0.1, 0.15) is 6.42 Å². The highest BCUT2D eigenvalue weighted by atomic mass is 16.5. The van der Waals surface area contributed by atoms with Crippen LogP contribution in [0.2, 0.25) is 0 Å². The monoisotopic (exact) mass is 337 g/mol. The zero-order valence-corrected chi connectivity index (χ0v) is 13.6. The van der Waals surface area contributed by atoms with Crippen molar-refractivity contribution in [2.75, 3.05) is 11.9 Å². The number of ether oxygens (including phenoxy) is 1. The number of benzene rings is 2. The van der Waals surface area contributed by atoms with E-state index in [2.05, 4.69) is 10.3 Å². The predicted molar refractivity (Wildman–Crippen MR) is 94.3 cm³/mol. The van der Waals surface area contributed by atoms with E-state index in [4.69, 9.17) is 4.74 Å². The van der Waals surface area contributed by atoms with Crippen LogP contribution in [-0.4, -0.2) is 33.3 Å². The Bertz CT molecular complexity index is 892. The molecule has 1 aliphatic heterocycles. The maximum Gasteiger partial charge on any atom is 0.253 e. The minimum Gasteiger partial charge on any atom is -0.507 e. The third kappa shape index (κ3) is 3.08. The molecular formula is C19H19N3O3. The number of imidazole rings is 1. The van der Waals surface area contributed by atoms with Gasteiger partial charge in [0.2, 0.25) is 0 Å². The number of aromatic nitrogens is 2. The highest BCUT2D eigenvalue weighted by Gasteiger charge is 2.34. The van der Waals surface area contributed by atoms with Gasteiger partial charge in [0, 0.05) is 47.9 Å². The van der Waals surface area contributed by atoms with Gasteiger partial charge in [-0.2, -0.15) is 0 Å². The van der Waals surface area contributed by atoms with Gasteiger partial charge >= 0.3 is 0 Å². The minimum atomic E-state index is -0.491. The molecule has 0 spiro atoms. The molecule has 3 aromatic rings. The van der Waals surface area contributed by atoms with Crippen molar-refractivity contribution in [1.82, 2.24) is 9.55 Å². The topological polar surface area (TPSA) is 76.4 Å². The SMILES string of the molecule is O=C(Nc1ccc(O)c2ccccc12)[C@@H]1OCC[C@@H]1Cn1ccnc1. The summed E-state index contributed by atoms with van der Waals surface area (Å²) >= 11 is 0. The zero-order valence-electron chi connectivity index (χ0n) is 13.6. The number of carbonyl (C=O) groups is 1. The van der Waals surface area contributed by atoms with Gasteiger partial charge < -0.3 is 19.7 Å². The van der Waals surface area contributed by atoms with Crippen LogP contribution in [0.5, 0.6) is 5.75 Å². The van der Waals surface area contributed by atoms with Crippen molar-refractivity contribution in [2.45, 2.75) is 19.1 Å². The van der Waals surface area contributed by atoms with E-state index >= 15 is 0 Å². The van der Waals surface area contributed by atoms with Gasteiger partial charge in [0.05, 0.1) is 6.33 Å². The van der Waals surface area contributed by atoms with Crippen LogP contribution < -0.4 is 5.32 Å². The Morgan fingerprint density at radius 2 is 2.12 bits per heavy atom. The molecule has 2 aromatic carbocycles. The van der Waals surface area contributed by atoms with E-state index in [0.29, 0.717) is 24.2 Å². The van der Waals surface area contributed by atoms with Gasteiger partial charge in [-0.15, -0.1) is 0 Å². The van der Waals surface area contributed by atoms with Gasteiger partial charge in [-0.05, 0) is 18.6 Å². The molecule has 1 fully saturated rings. The number of rotatable bonds is 4. The summed E-state index contributed by atoms with van der Waals surface area (Å²) < 4.78 is 7.66. The fourth-order valence-corrected chi connectivity index (χ4v) is 3.37. The number of amides is 1. The van der Waals surface area contributed by atoms with Gasteiger partial charge in [-0.1, -0.05) is 24.3 Å². The lowest BCUT2D eigenvalue weighted by Crippen LogP contribution is -2.34. The fourth-order valence-electron chi connectivity index (χ4n) is 3.37. The zero-order chi connectivity index (χ0) is 17.2. The molecule has 1 aromatic heterocycles. The summed E-state index contributed by atoms with van der Waals surface area (Å²) in [7, 11) is 0. The fraction of sp³-hybridized carbons (Fsp3) is 0.263. The second-order valence-electron chi connectivity index (χ2n) is 6.27. The second-order valence-corrected chi connectivity index (χ2v) is 6.27. The lowest BCUT2D eigenvalue weighted by atomic mass is 10.0. The van der Waals surface area contributed by atoms with Crippen LogP contribution in [0.25, 0.3) is 10.8 Å². The van der Waals surface area contributed by atoms with Crippen LogP contribution in [0.3, 0.4) is 0 Å². The molecule has 0 unspecified atom stereocenters. The molecule has 1 amide bonds. The second kappa shape index (κ2) is 6.57. The summed E-state index contributed by atoms with van der Waals surface area (Å²) in [5.74, 6) is 0.153. The quantitative estimate of drug-likeness (QED) is 0.718. The molecule has 4 rings (SSSR count). The van der Waals surface area contributed by atoms with E-state index in [1.54, 1.807) is 24.7 Å². The van der Waals surface area contributed by atoms with Crippen LogP contribution in [0.15, 0.2) is 55.1 Å². The lowest BCUT2D eigenvalue weighted by molar-refractivity contribution is -0.126. The van der Waals surface area contributed by atoms with Gasteiger partial charge in [-0.25, -0.2) is 4.98 Å². The molecule has 25 heavy (non-hydrogen) atoms. The highest BCUT2D eigenvalue weighted by molar-refractivity contribution is 6.05. The average molecular weight is 337 g/mol. The van der Waals surface area contributed by atoms with Crippen molar-refractivity contribution in [3.8, 4) is 5.75 Å². The van der Waals surface area contributed by atoms with Crippen molar-refractivity contribution in [3.63, 3.8) is 0 Å². The largest absolute Gasteiger partial charge is 0.507 e. The standard InChI is InChI=1S/C19H19N3O3/c23-17-6-5-16(14-3-1-2-4-15(14)17)21-19(24)18-13(7-10-25-18)11-22-9-8-20-12-22/h1-6,8-9,12-13,18,23H,7,10-11H2,(H,21,24)/t13-,18-/m1/s1. The third-order valence-electron chi connectivity index (χ3n) is 4.64. The number of phenolic OH excluding ortho intramolecular Hbond substituents is 1. The van der Waals surface area contributed by atoms with Gasteiger partial charge in [0.1, 0.15) is 11.9 Å². The van der Waals surface area contributed by atoms with Crippen LogP contribution in [0.4, 0.5) is 5.69 Å². The Kier molecular flexibility index (Phi) is 4.11. The number of phenols is 1. The molecule has 2 heterocycles. The molecular weight excluding hydrogens is 318 g/mol. The molecule has 1 saturated heterocycles. The highest BCUT2D eigenvalue weighted by Crippen LogP contribution is 2.31. The molecule has 0 saturated carbocycles. The Hall–Kier alpha value is -2.86.